The van der Waals surface area contributed by atoms with Crippen molar-refractivity contribution in [3.63, 3.8) is 0 Å². The molecule has 1 aliphatic rings. The van der Waals surface area contributed by atoms with Gasteiger partial charge >= 0.3 is 0 Å². The van der Waals surface area contributed by atoms with Crippen LogP contribution >= 0.6 is 22.6 Å². The van der Waals surface area contributed by atoms with Crippen molar-refractivity contribution in [2.45, 2.75) is 31.0 Å². The lowest BCUT2D eigenvalue weighted by molar-refractivity contribution is -0.129. The average Bonchev–Trinajstić information content (AvgIpc) is 3.15. The van der Waals surface area contributed by atoms with Crippen LogP contribution in [-0.4, -0.2) is 31.5 Å². The van der Waals surface area contributed by atoms with Crippen LogP contribution in [0, 0.1) is 5.82 Å². The van der Waals surface area contributed by atoms with Gasteiger partial charge in [-0.1, -0.05) is 28.7 Å². The van der Waals surface area contributed by atoms with Crippen molar-refractivity contribution in [3.8, 4) is 11.4 Å². The Bertz CT molecular complexity index is 1450. The van der Waals surface area contributed by atoms with Crippen molar-refractivity contribution in [2.75, 3.05) is 6.54 Å². The highest BCUT2D eigenvalue weighted by molar-refractivity contribution is 14.1. The summed E-state index contributed by atoms with van der Waals surface area (Å²) in [5.41, 5.74) is 4.60. The van der Waals surface area contributed by atoms with Crippen LogP contribution in [0.1, 0.15) is 23.9 Å². The van der Waals surface area contributed by atoms with Gasteiger partial charge in [-0.2, -0.15) is 0 Å². The first kappa shape index (κ1) is 22.6. The summed E-state index contributed by atoms with van der Waals surface area (Å²) in [6, 6.07) is 12.0. The Kier molecular flexibility index (Phi) is 6.11. The largest absolute Gasteiger partial charge is 0.487 e. The van der Waals surface area contributed by atoms with Gasteiger partial charge in [0.05, 0.1) is 27.6 Å². The maximum absolute atomic E-state index is 13.0. The maximum atomic E-state index is 13.0. The van der Waals surface area contributed by atoms with Crippen molar-refractivity contribution in [3.05, 3.63) is 88.0 Å². The number of aromatic nitrogens is 3. The van der Waals surface area contributed by atoms with E-state index in [1.54, 1.807) is 29.8 Å². The van der Waals surface area contributed by atoms with Gasteiger partial charge in [-0.05, 0) is 30.3 Å². The molecular formula is C25H22FIN4O3. The van der Waals surface area contributed by atoms with Crippen LogP contribution in [0.5, 0.6) is 5.75 Å². The van der Waals surface area contributed by atoms with Gasteiger partial charge in [0, 0.05) is 55.3 Å². The highest BCUT2D eigenvalue weighted by Crippen LogP contribution is 2.33. The van der Waals surface area contributed by atoms with E-state index in [0.29, 0.717) is 18.0 Å². The molecule has 34 heavy (non-hydrogen) atoms. The first-order chi connectivity index (χ1) is 16.4. The number of hydrogen-bond acceptors (Lipinski definition) is 4. The number of ether oxygens (including phenoxy) is 1. The monoisotopic (exact) mass is 572 g/mol. The van der Waals surface area contributed by atoms with Crippen molar-refractivity contribution in [1.29, 1.82) is 0 Å². The molecule has 0 radical (unpaired) electrons. The van der Waals surface area contributed by atoms with E-state index in [1.807, 2.05) is 23.1 Å². The van der Waals surface area contributed by atoms with Crippen LogP contribution < -0.4 is 10.3 Å². The number of benzene rings is 1. The molecule has 1 aliphatic heterocycles. The van der Waals surface area contributed by atoms with E-state index in [1.165, 1.54) is 23.4 Å². The highest BCUT2D eigenvalue weighted by atomic mass is 127. The Hall–Kier alpha value is -3.21. The van der Waals surface area contributed by atoms with Crippen LogP contribution in [0.2, 0.25) is 0 Å². The Balaban J connectivity index is 1.44. The van der Waals surface area contributed by atoms with E-state index in [0.717, 1.165) is 40.3 Å². The molecule has 0 spiro atoms. The molecule has 0 atom stereocenters. The number of fused-ring (bicyclic) bond motifs is 3. The minimum atomic E-state index is -0.408. The van der Waals surface area contributed by atoms with Gasteiger partial charge in [0.25, 0.3) is 5.56 Å². The lowest BCUT2D eigenvalue weighted by Crippen LogP contribution is -2.34. The molecule has 9 heteroatoms. The second-order valence-corrected chi connectivity index (χ2v) is 8.87. The SMILES string of the molecule is CC(=O)N1CCc2c(c3ccc(-n4ccc(OCc5ccc(F)cn5)cc4=O)cc3n2CI)C1. The number of halogens is 2. The van der Waals surface area contributed by atoms with E-state index in [2.05, 4.69) is 32.1 Å². The van der Waals surface area contributed by atoms with Crippen molar-refractivity contribution < 1.29 is 13.9 Å². The summed E-state index contributed by atoms with van der Waals surface area (Å²) in [5.74, 6) is 0.0969. The maximum Gasteiger partial charge on any atom is 0.258 e. The van der Waals surface area contributed by atoms with E-state index in [-0.39, 0.29) is 18.1 Å². The number of nitrogens with zero attached hydrogens (tertiary/aromatic N) is 4. The zero-order chi connectivity index (χ0) is 23.8. The van der Waals surface area contributed by atoms with E-state index >= 15 is 0 Å². The summed E-state index contributed by atoms with van der Waals surface area (Å²) in [7, 11) is 0. The summed E-state index contributed by atoms with van der Waals surface area (Å²) in [6.45, 7) is 3.08. The molecular weight excluding hydrogens is 550 g/mol. The molecule has 0 saturated carbocycles. The quantitative estimate of drug-likeness (QED) is 0.266. The number of pyridine rings is 2. The van der Waals surface area contributed by atoms with Crippen LogP contribution in [-0.2, 0) is 28.9 Å². The predicted octanol–water partition coefficient (Wildman–Crippen LogP) is 4.20. The topological polar surface area (TPSA) is 69.4 Å². The van der Waals surface area contributed by atoms with E-state index in [9.17, 15) is 14.0 Å². The minimum Gasteiger partial charge on any atom is -0.487 e. The normalized spacial score (nSPS) is 13.2. The third-order valence-electron chi connectivity index (χ3n) is 6.15. The highest BCUT2D eigenvalue weighted by Gasteiger charge is 2.25. The standard InChI is InChI=1S/C25H22FIN4O3/c1-16(32)29-8-7-23-22(13-29)21-5-4-19(10-24(21)31(23)15-27)30-9-6-20(11-25(30)33)34-14-18-3-2-17(26)12-28-18/h2-6,9-12H,7-8,13-15H2,1H3. The number of rotatable bonds is 5. The van der Waals surface area contributed by atoms with Crippen LogP contribution in [0.15, 0.2) is 59.7 Å². The summed E-state index contributed by atoms with van der Waals surface area (Å²) >= 11 is 2.35. The smallest absolute Gasteiger partial charge is 0.258 e. The summed E-state index contributed by atoms with van der Waals surface area (Å²) in [6.07, 6.45) is 3.64. The number of alkyl halides is 1. The summed E-state index contributed by atoms with van der Waals surface area (Å²) in [5, 5.41) is 1.11. The Morgan fingerprint density at radius 3 is 2.76 bits per heavy atom. The third kappa shape index (κ3) is 4.20. The molecule has 1 amide bonds. The van der Waals surface area contributed by atoms with Gasteiger partial charge in [-0.15, -0.1) is 0 Å². The summed E-state index contributed by atoms with van der Waals surface area (Å²) < 4.78 is 23.3. The number of carbonyl (C=O) groups excluding carboxylic acids is 1. The number of carbonyl (C=O) groups is 1. The van der Waals surface area contributed by atoms with Gasteiger partial charge in [-0.3, -0.25) is 19.1 Å². The molecule has 174 valence electrons. The van der Waals surface area contributed by atoms with Crippen LogP contribution in [0.4, 0.5) is 4.39 Å². The zero-order valence-electron chi connectivity index (χ0n) is 18.5. The first-order valence-corrected chi connectivity index (χ1v) is 12.4. The molecule has 4 aromatic rings. The molecule has 1 aromatic carbocycles. The molecule has 0 fully saturated rings. The van der Waals surface area contributed by atoms with Crippen molar-refractivity contribution in [2.24, 2.45) is 0 Å². The zero-order valence-corrected chi connectivity index (χ0v) is 20.7. The van der Waals surface area contributed by atoms with Gasteiger partial charge in [0.1, 0.15) is 18.2 Å². The van der Waals surface area contributed by atoms with Gasteiger partial charge in [0.15, 0.2) is 0 Å². The van der Waals surface area contributed by atoms with E-state index < -0.39 is 5.82 Å². The number of hydrogen-bond donors (Lipinski definition) is 0. The molecule has 0 aliphatic carbocycles. The van der Waals surface area contributed by atoms with Crippen LogP contribution in [0.25, 0.3) is 16.6 Å². The molecule has 0 saturated heterocycles. The first-order valence-electron chi connectivity index (χ1n) is 10.9. The predicted molar refractivity (Wildman–Crippen MR) is 135 cm³/mol. The second kappa shape index (κ2) is 9.21. The van der Waals surface area contributed by atoms with E-state index in [4.69, 9.17) is 4.74 Å². The molecule has 0 N–H and O–H groups in total. The fourth-order valence-corrected chi connectivity index (χ4v) is 5.18. The summed E-state index contributed by atoms with van der Waals surface area (Å²) in [4.78, 5) is 30.6. The van der Waals surface area contributed by atoms with Crippen molar-refractivity contribution in [1.82, 2.24) is 19.0 Å². The van der Waals surface area contributed by atoms with Gasteiger partial charge in [-0.25, -0.2) is 4.39 Å². The fourth-order valence-electron chi connectivity index (χ4n) is 4.40. The number of amides is 1. The average molecular weight is 572 g/mol. The Morgan fingerprint density at radius 1 is 1.21 bits per heavy atom. The Morgan fingerprint density at radius 2 is 2.06 bits per heavy atom. The van der Waals surface area contributed by atoms with Gasteiger partial charge < -0.3 is 14.2 Å². The lowest BCUT2D eigenvalue weighted by atomic mass is 10.0. The lowest BCUT2D eigenvalue weighted by Gasteiger charge is -2.27. The Labute approximate surface area is 208 Å². The van der Waals surface area contributed by atoms with Crippen LogP contribution in [0.3, 0.4) is 0 Å². The molecule has 7 nitrogen and oxygen atoms in total. The molecule has 4 heterocycles. The van der Waals surface area contributed by atoms with Crippen molar-refractivity contribution >= 4 is 39.4 Å². The molecule has 0 unspecified atom stereocenters. The third-order valence-corrected chi connectivity index (χ3v) is 6.83. The van der Waals surface area contributed by atoms with Gasteiger partial charge in [0.2, 0.25) is 5.91 Å². The minimum absolute atomic E-state index is 0.0849. The fraction of sp³-hybridized carbons (Fsp3) is 0.240. The molecule has 3 aromatic heterocycles. The molecule has 5 rings (SSSR count). The molecule has 0 bridgehead atoms. The second-order valence-electron chi connectivity index (χ2n) is 8.19.